The van der Waals surface area contributed by atoms with Gasteiger partial charge in [-0.15, -0.1) is 0 Å². The third-order valence-corrected chi connectivity index (χ3v) is 4.13. The lowest BCUT2D eigenvalue weighted by atomic mass is 10.2. The molecule has 0 aliphatic carbocycles. The molecule has 18 heavy (non-hydrogen) atoms. The zero-order valence-corrected chi connectivity index (χ0v) is 11.9. The summed E-state index contributed by atoms with van der Waals surface area (Å²) in [6.07, 6.45) is 0.880. The van der Waals surface area contributed by atoms with E-state index in [1.54, 1.807) is 11.8 Å². The normalized spacial score (nSPS) is 10.8. The largest absolute Gasteiger partial charge is 0.395 e. The van der Waals surface area contributed by atoms with Gasteiger partial charge in [0.2, 0.25) is 0 Å². The number of nitrogens with two attached hydrogens (primary N) is 1. The first-order valence-corrected chi connectivity index (χ1v) is 7.10. The van der Waals surface area contributed by atoms with Gasteiger partial charge in [0.05, 0.1) is 11.4 Å². The van der Waals surface area contributed by atoms with Crippen LogP contribution in [0.2, 0.25) is 0 Å². The van der Waals surface area contributed by atoms with Crippen LogP contribution in [-0.4, -0.2) is 9.78 Å². The van der Waals surface area contributed by atoms with Crippen LogP contribution in [0.25, 0.3) is 0 Å². The van der Waals surface area contributed by atoms with E-state index < -0.39 is 0 Å². The first-order chi connectivity index (χ1) is 8.61. The topological polar surface area (TPSA) is 43.8 Å². The van der Waals surface area contributed by atoms with Crippen LogP contribution < -0.4 is 5.73 Å². The SMILES string of the molecule is CCc1nn(C)c(SCc2cccc(C)c2)c1N. The Kier molecular flexibility index (Phi) is 3.97. The number of hydrogen-bond donors (Lipinski definition) is 1. The maximum atomic E-state index is 6.10. The second-order valence-corrected chi connectivity index (χ2v) is 5.38. The number of aryl methyl sites for hydroxylation is 3. The van der Waals surface area contributed by atoms with Gasteiger partial charge in [0.25, 0.3) is 0 Å². The summed E-state index contributed by atoms with van der Waals surface area (Å²) in [6.45, 7) is 4.19. The molecule has 2 aromatic rings. The average molecular weight is 261 g/mol. The van der Waals surface area contributed by atoms with E-state index in [1.807, 2.05) is 11.7 Å². The summed E-state index contributed by atoms with van der Waals surface area (Å²) in [5.74, 6) is 0.925. The lowest BCUT2D eigenvalue weighted by Crippen LogP contribution is -1.94. The van der Waals surface area contributed by atoms with Crippen molar-refractivity contribution in [1.29, 1.82) is 0 Å². The summed E-state index contributed by atoms with van der Waals surface area (Å²) < 4.78 is 1.88. The molecule has 4 heteroatoms. The van der Waals surface area contributed by atoms with Gasteiger partial charge in [-0.2, -0.15) is 5.10 Å². The summed E-state index contributed by atoms with van der Waals surface area (Å²) in [6, 6.07) is 8.56. The van der Waals surface area contributed by atoms with Crippen molar-refractivity contribution in [2.45, 2.75) is 31.0 Å². The highest BCUT2D eigenvalue weighted by atomic mass is 32.2. The Labute approximate surface area is 112 Å². The van der Waals surface area contributed by atoms with Gasteiger partial charge >= 0.3 is 0 Å². The van der Waals surface area contributed by atoms with E-state index in [0.29, 0.717) is 0 Å². The van der Waals surface area contributed by atoms with Crippen LogP contribution in [0, 0.1) is 6.92 Å². The van der Waals surface area contributed by atoms with Crippen molar-refractivity contribution in [1.82, 2.24) is 9.78 Å². The highest BCUT2D eigenvalue weighted by Gasteiger charge is 2.12. The van der Waals surface area contributed by atoms with Crippen LogP contribution in [-0.2, 0) is 19.2 Å². The van der Waals surface area contributed by atoms with Crippen molar-refractivity contribution in [3.8, 4) is 0 Å². The molecule has 1 heterocycles. The van der Waals surface area contributed by atoms with Crippen LogP contribution in [0.5, 0.6) is 0 Å². The Morgan fingerprint density at radius 1 is 1.39 bits per heavy atom. The Morgan fingerprint density at radius 3 is 2.78 bits per heavy atom. The minimum absolute atomic E-state index is 0.831. The van der Waals surface area contributed by atoms with Crippen molar-refractivity contribution in [2.75, 3.05) is 5.73 Å². The van der Waals surface area contributed by atoms with Gasteiger partial charge in [0.1, 0.15) is 5.03 Å². The van der Waals surface area contributed by atoms with E-state index >= 15 is 0 Å². The molecule has 1 aromatic carbocycles. The van der Waals surface area contributed by atoms with E-state index in [1.165, 1.54) is 11.1 Å². The molecule has 0 saturated carbocycles. The Balaban J connectivity index is 2.13. The van der Waals surface area contributed by atoms with Crippen LogP contribution in [0.15, 0.2) is 29.3 Å². The average Bonchev–Trinajstić information content (AvgIpc) is 2.62. The number of rotatable bonds is 4. The van der Waals surface area contributed by atoms with E-state index in [9.17, 15) is 0 Å². The van der Waals surface area contributed by atoms with Crippen molar-refractivity contribution >= 4 is 17.4 Å². The molecule has 0 atom stereocenters. The lowest BCUT2D eigenvalue weighted by Gasteiger charge is -2.04. The number of thioether (sulfide) groups is 1. The molecular weight excluding hydrogens is 242 g/mol. The molecule has 2 N–H and O–H groups in total. The second-order valence-electron chi connectivity index (χ2n) is 4.42. The van der Waals surface area contributed by atoms with Crippen LogP contribution in [0.4, 0.5) is 5.69 Å². The van der Waals surface area contributed by atoms with Crippen molar-refractivity contribution in [2.24, 2.45) is 7.05 Å². The Morgan fingerprint density at radius 2 is 2.17 bits per heavy atom. The lowest BCUT2D eigenvalue weighted by molar-refractivity contribution is 0.687. The third kappa shape index (κ3) is 2.70. The maximum Gasteiger partial charge on any atom is 0.117 e. The number of nitrogen functional groups attached to an aromatic ring is 1. The molecule has 2 rings (SSSR count). The monoisotopic (exact) mass is 261 g/mol. The zero-order valence-electron chi connectivity index (χ0n) is 11.1. The number of benzene rings is 1. The molecule has 0 bridgehead atoms. The van der Waals surface area contributed by atoms with E-state index in [0.717, 1.165) is 28.6 Å². The van der Waals surface area contributed by atoms with E-state index in [4.69, 9.17) is 5.73 Å². The molecule has 3 nitrogen and oxygen atoms in total. The molecule has 0 radical (unpaired) electrons. The minimum atomic E-state index is 0.831. The number of aromatic nitrogens is 2. The van der Waals surface area contributed by atoms with E-state index in [-0.39, 0.29) is 0 Å². The summed E-state index contributed by atoms with van der Waals surface area (Å²) in [4.78, 5) is 0. The van der Waals surface area contributed by atoms with Gasteiger partial charge in [-0.1, -0.05) is 48.5 Å². The molecule has 96 valence electrons. The van der Waals surface area contributed by atoms with E-state index in [2.05, 4.69) is 43.2 Å². The molecule has 0 aliphatic heterocycles. The quantitative estimate of drug-likeness (QED) is 0.860. The van der Waals surface area contributed by atoms with Gasteiger partial charge in [-0.05, 0) is 18.9 Å². The molecule has 0 aliphatic rings. The van der Waals surface area contributed by atoms with Gasteiger partial charge in [-0.3, -0.25) is 4.68 Å². The summed E-state index contributed by atoms with van der Waals surface area (Å²) >= 11 is 1.75. The van der Waals surface area contributed by atoms with Gasteiger partial charge in [-0.25, -0.2) is 0 Å². The molecule has 0 saturated heterocycles. The predicted molar refractivity (Wildman–Crippen MR) is 77.7 cm³/mol. The Bertz CT molecular complexity index is 546. The summed E-state index contributed by atoms with van der Waals surface area (Å²) in [7, 11) is 1.95. The highest BCUT2D eigenvalue weighted by molar-refractivity contribution is 7.98. The third-order valence-electron chi connectivity index (χ3n) is 2.90. The van der Waals surface area contributed by atoms with Crippen molar-refractivity contribution in [3.05, 3.63) is 41.1 Å². The Hall–Kier alpha value is -1.42. The molecular formula is C14H19N3S. The van der Waals surface area contributed by atoms with Gasteiger partial charge in [0, 0.05) is 12.8 Å². The molecule has 0 spiro atoms. The molecule has 0 unspecified atom stereocenters. The molecule has 0 fully saturated rings. The number of hydrogen-bond acceptors (Lipinski definition) is 3. The minimum Gasteiger partial charge on any atom is -0.395 e. The van der Waals surface area contributed by atoms with Crippen LogP contribution >= 0.6 is 11.8 Å². The van der Waals surface area contributed by atoms with Crippen molar-refractivity contribution in [3.63, 3.8) is 0 Å². The fraction of sp³-hybridized carbons (Fsp3) is 0.357. The van der Waals surface area contributed by atoms with Gasteiger partial charge in [0.15, 0.2) is 0 Å². The second kappa shape index (κ2) is 5.48. The van der Waals surface area contributed by atoms with Crippen molar-refractivity contribution < 1.29 is 0 Å². The summed E-state index contributed by atoms with van der Waals surface area (Å²) in [5.41, 5.74) is 10.5. The summed E-state index contributed by atoms with van der Waals surface area (Å²) in [5, 5.41) is 5.49. The highest BCUT2D eigenvalue weighted by Crippen LogP contribution is 2.30. The number of nitrogens with zero attached hydrogens (tertiary/aromatic N) is 2. The smallest absolute Gasteiger partial charge is 0.117 e. The molecule has 0 amide bonds. The first-order valence-electron chi connectivity index (χ1n) is 6.11. The van der Waals surface area contributed by atoms with Crippen LogP contribution in [0.3, 0.4) is 0 Å². The van der Waals surface area contributed by atoms with Crippen LogP contribution in [0.1, 0.15) is 23.7 Å². The standard InChI is InChI=1S/C14H19N3S/c1-4-12-13(15)14(17(3)16-12)18-9-11-7-5-6-10(2)8-11/h5-8H,4,9,15H2,1-3H3. The maximum absolute atomic E-state index is 6.10. The molecule has 1 aromatic heterocycles. The van der Waals surface area contributed by atoms with Gasteiger partial charge < -0.3 is 5.73 Å². The predicted octanol–water partition coefficient (Wildman–Crippen LogP) is 3.17. The first kappa shape index (κ1) is 13.0. The fourth-order valence-electron chi connectivity index (χ4n) is 1.96. The zero-order chi connectivity index (χ0) is 13.1. The number of anilines is 1. The fourth-order valence-corrected chi connectivity index (χ4v) is 2.95.